The lowest BCUT2D eigenvalue weighted by Gasteiger charge is -2.15. The van der Waals surface area contributed by atoms with Crippen LogP contribution in [-0.2, 0) is 6.54 Å². The Morgan fingerprint density at radius 1 is 1.35 bits per heavy atom. The van der Waals surface area contributed by atoms with Crippen molar-refractivity contribution >= 4 is 0 Å². The third-order valence-electron chi connectivity index (χ3n) is 2.97. The molecule has 0 radical (unpaired) electrons. The van der Waals surface area contributed by atoms with Crippen molar-refractivity contribution in [2.45, 2.75) is 26.4 Å². The highest BCUT2D eigenvalue weighted by atomic mass is 15.3. The van der Waals surface area contributed by atoms with Crippen molar-refractivity contribution in [3.05, 3.63) is 53.3 Å². The molecule has 0 aliphatic rings. The number of hydrogen-bond donors (Lipinski definition) is 1. The molecule has 0 bridgehead atoms. The van der Waals surface area contributed by atoms with Gasteiger partial charge in [-0.15, -0.1) is 0 Å². The van der Waals surface area contributed by atoms with E-state index < -0.39 is 0 Å². The summed E-state index contributed by atoms with van der Waals surface area (Å²) >= 11 is 0. The minimum absolute atomic E-state index is 0.218. The molecule has 0 saturated carbocycles. The van der Waals surface area contributed by atoms with Crippen LogP contribution in [0.2, 0.25) is 0 Å². The summed E-state index contributed by atoms with van der Waals surface area (Å²) in [6, 6.07) is 8.79. The number of nitrogens with zero attached hydrogens (tertiary/aromatic N) is 2. The zero-order chi connectivity index (χ0) is 12.3. The predicted molar refractivity (Wildman–Crippen MR) is 70.0 cm³/mol. The Labute approximate surface area is 102 Å². The first-order chi connectivity index (χ1) is 8.24. The summed E-state index contributed by atoms with van der Waals surface area (Å²) in [6.07, 6.45) is 4.04. The summed E-state index contributed by atoms with van der Waals surface area (Å²) in [5.74, 6) is 0. The molecule has 0 aliphatic carbocycles. The lowest BCUT2D eigenvalue weighted by Crippen LogP contribution is -2.17. The lowest BCUT2D eigenvalue weighted by atomic mass is 10.0. The second-order valence-electron chi connectivity index (χ2n) is 4.27. The first-order valence-electron chi connectivity index (χ1n) is 6.00. The van der Waals surface area contributed by atoms with Gasteiger partial charge in [0.05, 0.1) is 12.2 Å². The van der Waals surface area contributed by atoms with Crippen LogP contribution in [0.25, 0.3) is 0 Å². The molecule has 1 aromatic carbocycles. The molecule has 2 rings (SSSR count). The van der Waals surface area contributed by atoms with E-state index in [9.17, 15) is 0 Å². The van der Waals surface area contributed by atoms with Crippen LogP contribution in [0.5, 0.6) is 0 Å². The first-order valence-corrected chi connectivity index (χ1v) is 6.00. The van der Waals surface area contributed by atoms with Crippen molar-refractivity contribution in [1.82, 2.24) is 15.1 Å². The third-order valence-corrected chi connectivity index (χ3v) is 2.97. The normalized spacial score (nSPS) is 12.6. The molecule has 0 amide bonds. The summed E-state index contributed by atoms with van der Waals surface area (Å²) in [6.45, 7) is 5.12. The van der Waals surface area contributed by atoms with Crippen LogP contribution in [0.1, 0.15) is 29.7 Å². The lowest BCUT2D eigenvalue weighted by molar-refractivity contribution is 0.653. The number of aryl methyl sites for hydroxylation is 2. The standard InChI is InChI=1S/C14H19N3/c1-4-17-10-13(9-16-17)14(15-3)12-7-5-6-11(2)8-12/h5-10,14-15H,4H2,1-3H3. The Morgan fingerprint density at radius 2 is 2.18 bits per heavy atom. The van der Waals surface area contributed by atoms with E-state index in [0.717, 1.165) is 6.54 Å². The average molecular weight is 229 g/mol. The summed E-state index contributed by atoms with van der Waals surface area (Å²) in [7, 11) is 1.98. The molecule has 90 valence electrons. The maximum absolute atomic E-state index is 4.33. The van der Waals surface area contributed by atoms with E-state index >= 15 is 0 Å². The van der Waals surface area contributed by atoms with Gasteiger partial charge >= 0.3 is 0 Å². The summed E-state index contributed by atoms with van der Waals surface area (Å²) in [5, 5.41) is 7.67. The van der Waals surface area contributed by atoms with Crippen LogP contribution in [0, 0.1) is 6.92 Å². The van der Waals surface area contributed by atoms with Crippen molar-refractivity contribution in [1.29, 1.82) is 0 Å². The molecule has 1 N–H and O–H groups in total. The minimum Gasteiger partial charge on any atom is -0.309 e. The Hall–Kier alpha value is -1.61. The highest BCUT2D eigenvalue weighted by molar-refractivity contribution is 5.31. The molecule has 1 atom stereocenters. The van der Waals surface area contributed by atoms with E-state index in [-0.39, 0.29) is 6.04 Å². The maximum atomic E-state index is 4.33. The van der Waals surface area contributed by atoms with Gasteiger partial charge in [0.2, 0.25) is 0 Å². The molecular formula is C14H19N3. The Kier molecular flexibility index (Phi) is 3.59. The Balaban J connectivity index is 2.33. The Bertz CT molecular complexity index is 488. The number of aromatic nitrogens is 2. The topological polar surface area (TPSA) is 29.9 Å². The van der Waals surface area contributed by atoms with Gasteiger partial charge in [-0.2, -0.15) is 5.10 Å². The summed E-state index contributed by atoms with van der Waals surface area (Å²) in [4.78, 5) is 0. The zero-order valence-electron chi connectivity index (χ0n) is 10.6. The van der Waals surface area contributed by atoms with Crippen molar-refractivity contribution in [3.8, 4) is 0 Å². The molecule has 3 heteroatoms. The van der Waals surface area contributed by atoms with Crippen molar-refractivity contribution in [2.75, 3.05) is 7.05 Å². The largest absolute Gasteiger partial charge is 0.309 e. The van der Waals surface area contributed by atoms with Crippen LogP contribution in [0.4, 0.5) is 0 Å². The summed E-state index contributed by atoms with van der Waals surface area (Å²) < 4.78 is 1.95. The van der Waals surface area contributed by atoms with Gasteiger partial charge in [0, 0.05) is 18.3 Å². The van der Waals surface area contributed by atoms with Gasteiger partial charge in [-0.3, -0.25) is 4.68 Å². The van der Waals surface area contributed by atoms with Crippen LogP contribution >= 0.6 is 0 Å². The van der Waals surface area contributed by atoms with Crippen LogP contribution in [0.3, 0.4) is 0 Å². The van der Waals surface area contributed by atoms with Gasteiger partial charge in [0.15, 0.2) is 0 Å². The molecule has 1 unspecified atom stereocenters. The molecule has 3 nitrogen and oxygen atoms in total. The van der Waals surface area contributed by atoms with E-state index in [0.29, 0.717) is 0 Å². The van der Waals surface area contributed by atoms with Crippen LogP contribution in [-0.4, -0.2) is 16.8 Å². The molecule has 17 heavy (non-hydrogen) atoms. The highest BCUT2D eigenvalue weighted by Gasteiger charge is 2.13. The Morgan fingerprint density at radius 3 is 2.76 bits per heavy atom. The van der Waals surface area contributed by atoms with Crippen molar-refractivity contribution in [3.63, 3.8) is 0 Å². The molecule has 0 fully saturated rings. The van der Waals surface area contributed by atoms with Crippen LogP contribution < -0.4 is 5.32 Å². The number of nitrogens with one attached hydrogen (secondary N) is 1. The first kappa shape index (κ1) is 11.9. The number of benzene rings is 1. The number of rotatable bonds is 4. The molecule has 1 aromatic heterocycles. The second kappa shape index (κ2) is 5.15. The van der Waals surface area contributed by atoms with Gasteiger partial charge in [-0.05, 0) is 26.5 Å². The number of hydrogen-bond acceptors (Lipinski definition) is 2. The van der Waals surface area contributed by atoms with Crippen LogP contribution in [0.15, 0.2) is 36.7 Å². The van der Waals surface area contributed by atoms with E-state index in [1.807, 2.05) is 17.9 Å². The SMILES string of the molecule is CCn1cc(C(NC)c2cccc(C)c2)cn1. The van der Waals surface area contributed by atoms with Gasteiger partial charge in [-0.1, -0.05) is 29.8 Å². The van der Waals surface area contributed by atoms with Crippen molar-refractivity contribution < 1.29 is 0 Å². The highest BCUT2D eigenvalue weighted by Crippen LogP contribution is 2.21. The van der Waals surface area contributed by atoms with E-state index in [1.165, 1.54) is 16.7 Å². The molecule has 0 aliphatic heterocycles. The molecule has 2 aromatic rings. The molecule has 0 saturated heterocycles. The van der Waals surface area contributed by atoms with Crippen molar-refractivity contribution in [2.24, 2.45) is 0 Å². The van der Waals surface area contributed by atoms with Gasteiger partial charge in [-0.25, -0.2) is 0 Å². The molecule has 1 heterocycles. The van der Waals surface area contributed by atoms with E-state index in [1.54, 1.807) is 0 Å². The second-order valence-corrected chi connectivity index (χ2v) is 4.27. The quantitative estimate of drug-likeness (QED) is 0.873. The fourth-order valence-corrected chi connectivity index (χ4v) is 2.08. The van der Waals surface area contributed by atoms with E-state index in [2.05, 4.69) is 54.7 Å². The van der Waals surface area contributed by atoms with Gasteiger partial charge in [0.25, 0.3) is 0 Å². The molecular weight excluding hydrogens is 210 g/mol. The fourth-order valence-electron chi connectivity index (χ4n) is 2.08. The van der Waals surface area contributed by atoms with E-state index in [4.69, 9.17) is 0 Å². The minimum atomic E-state index is 0.218. The monoisotopic (exact) mass is 229 g/mol. The predicted octanol–water partition coefficient (Wildman–Crippen LogP) is 2.52. The molecule has 0 spiro atoms. The maximum Gasteiger partial charge on any atom is 0.0605 e. The fraction of sp³-hybridized carbons (Fsp3) is 0.357. The van der Waals surface area contributed by atoms with Gasteiger partial charge in [0.1, 0.15) is 0 Å². The smallest absolute Gasteiger partial charge is 0.0605 e. The van der Waals surface area contributed by atoms with Gasteiger partial charge < -0.3 is 5.32 Å². The average Bonchev–Trinajstić information content (AvgIpc) is 2.79. The third kappa shape index (κ3) is 2.56. The zero-order valence-corrected chi connectivity index (χ0v) is 10.6. The summed E-state index contributed by atoms with van der Waals surface area (Å²) in [5.41, 5.74) is 3.77.